The lowest BCUT2D eigenvalue weighted by molar-refractivity contribution is 0.0962. The zero-order valence-electron chi connectivity index (χ0n) is 17.4. The highest BCUT2D eigenvalue weighted by Gasteiger charge is 2.38. The van der Waals surface area contributed by atoms with E-state index in [2.05, 4.69) is 59.1 Å². The number of hydrogen-bond donors (Lipinski definition) is 5. The normalized spacial score (nSPS) is 17.9. The second-order valence-corrected chi connectivity index (χ2v) is 9.67. The van der Waals surface area contributed by atoms with Crippen LogP contribution in [0.2, 0.25) is 10.0 Å². The first-order valence-corrected chi connectivity index (χ1v) is 10.4. The van der Waals surface area contributed by atoms with E-state index in [1.54, 1.807) is 12.1 Å². The molecule has 162 valence electrons. The third-order valence-electron chi connectivity index (χ3n) is 4.89. The second-order valence-electron chi connectivity index (χ2n) is 8.83. The fourth-order valence-electron chi connectivity index (χ4n) is 4.08. The van der Waals surface area contributed by atoms with Crippen molar-refractivity contribution in [1.29, 1.82) is 0 Å². The highest BCUT2D eigenvalue weighted by atomic mass is 35.5. The minimum atomic E-state index is -0.439. The summed E-state index contributed by atoms with van der Waals surface area (Å²) in [6.07, 6.45) is 3.21. The standard InChI is InChI=1S/C20H27Cl2N7O/c1-19(2)8-12(9-20(3,4)29-19)26-16-15(23)17(25-10-24-16)27-28-18(30)13-6-5-11(21)7-14(13)22/h5-7,10,12,29H,8-9,23H2,1-4H3,(H,28,30)(H2,24,25,26,27). The molecule has 1 aliphatic rings. The molecule has 3 rings (SSSR count). The van der Waals surface area contributed by atoms with Crippen molar-refractivity contribution >= 4 is 46.4 Å². The largest absolute Gasteiger partial charge is 0.393 e. The summed E-state index contributed by atoms with van der Waals surface area (Å²) in [4.78, 5) is 20.8. The minimum absolute atomic E-state index is 0.0197. The lowest BCUT2D eigenvalue weighted by Crippen LogP contribution is -2.60. The molecule has 1 aromatic heterocycles. The van der Waals surface area contributed by atoms with Gasteiger partial charge < -0.3 is 16.4 Å². The van der Waals surface area contributed by atoms with Crippen molar-refractivity contribution in [2.45, 2.75) is 57.7 Å². The predicted molar refractivity (Wildman–Crippen MR) is 122 cm³/mol. The number of nitrogens with zero attached hydrogens (tertiary/aromatic N) is 2. The van der Waals surface area contributed by atoms with Crippen LogP contribution in [0.25, 0.3) is 0 Å². The molecule has 0 atom stereocenters. The number of amides is 1. The number of aromatic nitrogens is 2. The molecule has 1 aromatic carbocycles. The zero-order valence-corrected chi connectivity index (χ0v) is 18.9. The van der Waals surface area contributed by atoms with Crippen molar-refractivity contribution in [3.63, 3.8) is 0 Å². The molecule has 2 aromatic rings. The Labute approximate surface area is 186 Å². The number of nitrogens with two attached hydrogens (primary N) is 1. The quantitative estimate of drug-likeness (QED) is 0.438. The Morgan fingerprint density at radius 1 is 1.13 bits per heavy atom. The number of benzene rings is 1. The maximum Gasteiger partial charge on any atom is 0.271 e. The monoisotopic (exact) mass is 451 g/mol. The summed E-state index contributed by atoms with van der Waals surface area (Å²) in [7, 11) is 0. The van der Waals surface area contributed by atoms with Crippen LogP contribution in [0, 0.1) is 0 Å². The molecule has 0 spiro atoms. The number of nitrogens with one attached hydrogen (secondary N) is 4. The van der Waals surface area contributed by atoms with Crippen molar-refractivity contribution in [2.75, 3.05) is 16.5 Å². The Hall–Kier alpha value is -2.29. The van der Waals surface area contributed by atoms with Crippen LogP contribution in [0.15, 0.2) is 24.5 Å². The molecule has 8 nitrogen and oxygen atoms in total. The molecule has 0 unspecified atom stereocenters. The van der Waals surface area contributed by atoms with Gasteiger partial charge in [0.2, 0.25) is 0 Å². The molecule has 30 heavy (non-hydrogen) atoms. The van der Waals surface area contributed by atoms with E-state index in [1.807, 2.05) is 0 Å². The number of nitrogen functional groups attached to an aromatic ring is 1. The first-order valence-electron chi connectivity index (χ1n) is 9.63. The molecule has 0 radical (unpaired) electrons. The summed E-state index contributed by atoms with van der Waals surface area (Å²) in [5.41, 5.74) is 12.1. The van der Waals surface area contributed by atoms with E-state index in [9.17, 15) is 4.79 Å². The van der Waals surface area contributed by atoms with E-state index in [-0.39, 0.29) is 27.7 Å². The van der Waals surface area contributed by atoms with Gasteiger partial charge in [0, 0.05) is 22.1 Å². The Morgan fingerprint density at radius 3 is 2.40 bits per heavy atom. The third-order valence-corrected chi connectivity index (χ3v) is 5.43. The van der Waals surface area contributed by atoms with Gasteiger partial charge in [-0.25, -0.2) is 9.97 Å². The number of hydrogen-bond acceptors (Lipinski definition) is 7. The second kappa shape index (κ2) is 8.45. The number of carbonyl (C=O) groups excluding carboxylic acids is 1. The van der Waals surface area contributed by atoms with Crippen molar-refractivity contribution in [1.82, 2.24) is 20.7 Å². The van der Waals surface area contributed by atoms with E-state index < -0.39 is 5.91 Å². The average molecular weight is 452 g/mol. The van der Waals surface area contributed by atoms with Gasteiger partial charge in [0.05, 0.1) is 10.6 Å². The first kappa shape index (κ1) is 22.4. The van der Waals surface area contributed by atoms with E-state index in [1.165, 1.54) is 12.4 Å². The molecule has 2 heterocycles. The molecular formula is C20H27Cl2N7O. The fourth-order valence-corrected chi connectivity index (χ4v) is 4.58. The highest BCUT2D eigenvalue weighted by Crippen LogP contribution is 2.32. The number of hydrazine groups is 1. The number of anilines is 3. The molecule has 1 fully saturated rings. The SMILES string of the molecule is CC1(C)CC(Nc2ncnc(NNC(=O)c3ccc(Cl)cc3Cl)c2N)CC(C)(C)N1. The molecular weight excluding hydrogens is 425 g/mol. The summed E-state index contributed by atoms with van der Waals surface area (Å²) >= 11 is 12.0. The molecule has 1 saturated heterocycles. The van der Waals surface area contributed by atoms with Gasteiger partial charge >= 0.3 is 0 Å². The topological polar surface area (TPSA) is 117 Å². The molecule has 0 bridgehead atoms. The Bertz CT molecular complexity index is 933. The van der Waals surface area contributed by atoms with Crippen molar-refractivity contribution in [2.24, 2.45) is 0 Å². The van der Waals surface area contributed by atoms with Gasteiger partial charge in [0.25, 0.3) is 5.91 Å². The van der Waals surface area contributed by atoms with E-state index >= 15 is 0 Å². The van der Waals surface area contributed by atoms with Crippen LogP contribution in [0.4, 0.5) is 17.3 Å². The number of halogens is 2. The summed E-state index contributed by atoms with van der Waals surface area (Å²) < 4.78 is 0. The highest BCUT2D eigenvalue weighted by molar-refractivity contribution is 6.36. The Morgan fingerprint density at radius 2 is 1.77 bits per heavy atom. The first-order chi connectivity index (χ1) is 14.0. The minimum Gasteiger partial charge on any atom is -0.393 e. The molecule has 0 aliphatic carbocycles. The van der Waals surface area contributed by atoms with Crippen LogP contribution in [0.5, 0.6) is 0 Å². The smallest absolute Gasteiger partial charge is 0.271 e. The van der Waals surface area contributed by atoms with Crippen LogP contribution in [-0.2, 0) is 0 Å². The van der Waals surface area contributed by atoms with Crippen LogP contribution in [-0.4, -0.2) is 33.0 Å². The summed E-state index contributed by atoms with van der Waals surface area (Å²) in [5, 5.41) is 7.77. The van der Waals surface area contributed by atoms with E-state index in [0.717, 1.165) is 12.8 Å². The number of rotatable bonds is 5. The Balaban J connectivity index is 1.70. The van der Waals surface area contributed by atoms with Gasteiger partial charge in [-0.05, 0) is 58.7 Å². The number of carbonyl (C=O) groups is 1. The molecule has 10 heteroatoms. The maximum atomic E-state index is 12.4. The lowest BCUT2D eigenvalue weighted by Gasteiger charge is -2.46. The van der Waals surface area contributed by atoms with Gasteiger partial charge in [0.15, 0.2) is 11.6 Å². The molecule has 6 N–H and O–H groups in total. The van der Waals surface area contributed by atoms with Gasteiger partial charge in [-0.15, -0.1) is 0 Å². The number of piperidine rings is 1. The fraction of sp³-hybridized carbons (Fsp3) is 0.450. The van der Waals surface area contributed by atoms with Gasteiger partial charge in [-0.2, -0.15) is 0 Å². The van der Waals surface area contributed by atoms with Crippen molar-refractivity contribution < 1.29 is 4.79 Å². The van der Waals surface area contributed by atoms with Crippen molar-refractivity contribution in [3.05, 3.63) is 40.1 Å². The summed E-state index contributed by atoms with van der Waals surface area (Å²) in [6.45, 7) is 8.71. The third kappa shape index (κ3) is 5.44. The zero-order chi connectivity index (χ0) is 22.1. The Kier molecular flexibility index (Phi) is 6.31. The van der Waals surface area contributed by atoms with Crippen LogP contribution in [0.3, 0.4) is 0 Å². The van der Waals surface area contributed by atoms with Gasteiger partial charge in [0.1, 0.15) is 12.0 Å². The maximum absolute atomic E-state index is 12.4. The molecule has 1 aliphatic heterocycles. The average Bonchev–Trinajstić information content (AvgIpc) is 2.59. The van der Waals surface area contributed by atoms with E-state index in [4.69, 9.17) is 28.9 Å². The predicted octanol–water partition coefficient (Wildman–Crippen LogP) is 3.84. The summed E-state index contributed by atoms with van der Waals surface area (Å²) in [5.74, 6) is 0.370. The summed E-state index contributed by atoms with van der Waals surface area (Å²) in [6, 6.07) is 4.81. The van der Waals surface area contributed by atoms with Crippen molar-refractivity contribution in [3.8, 4) is 0 Å². The van der Waals surface area contributed by atoms with E-state index in [0.29, 0.717) is 22.3 Å². The van der Waals surface area contributed by atoms with Crippen LogP contribution >= 0.6 is 23.2 Å². The van der Waals surface area contributed by atoms with Crippen LogP contribution in [0.1, 0.15) is 50.9 Å². The molecule has 1 amide bonds. The van der Waals surface area contributed by atoms with Gasteiger partial charge in [-0.3, -0.25) is 15.6 Å². The van der Waals surface area contributed by atoms with Gasteiger partial charge in [-0.1, -0.05) is 23.2 Å². The lowest BCUT2D eigenvalue weighted by atomic mass is 9.79. The van der Waals surface area contributed by atoms with Crippen LogP contribution < -0.4 is 27.2 Å². The molecule has 0 saturated carbocycles.